The molecule has 0 radical (unpaired) electrons. The molecule has 5 nitrogen and oxygen atoms in total. The minimum atomic E-state index is -0.793. The highest BCUT2D eigenvalue weighted by Crippen LogP contribution is 2.32. The van der Waals surface area contributed by atoms with E-state index < -0.39 is 5.54 Å². The van der Waals surface area contributed by atoms with Crippen LogP contribution in [0.4, 0.5) is 4.79 Å². The second kappa shape index (κ2) is 6.13. The van der Waals surface area contributed by atoms with E-state index in [2.05, 4.69) is 16.3 Å². The Morgan fingerprint density at radius 1 is 1.39 bits per heavy atom. The number of hydrogen-bond donors (Lipinski definition) is 1. The highest BCUT2D eigenvalue weighted by molar-refractivity contribution is 6.30. The van der Waals surface area contributed by atoms with Gasteiger partial charge in [0.15, 0.2) is 0 Å². The average Bonchev–Trinajstić information content (AvgIpc) is 2.72. The lowest BCUT2D eigenvalue weighted by Gasteiger charge is -2.39. The third-order valence-corrected chi connectivity index (χ3v) is 5.27. The summed E-state index contributed by atoms with van der Waals surface area (Å²) in [5.74, 6) is -0.00561. The number of benzene rings is 1. The quantitative estimate of drug-likeness (QED) is 0.863. The molecule has 2 aliphatic rings. The SMILES string of the molecule is CN1C(=O)N[C@@](C)([C@@H]2CCCN(Cc3cccc(Cl)c3)C2)C1=O. The van der Waals surface area contributed by atoms with E-state index in [0.717, 1.165) is 37.5 Å². The number of urea groups is 1. The van der Waals surface area contributed by atoms with Gasteiger partial charge in [-0.2, -0.15) is 0 Å². The van der Waals surface area contributed by atoms with Crippen LogP contribution in [0.2, 0.25) is 5.02 Å². The maximum Gasteiger partial charge on any atom is 0.324 e. The second-order valence-electron chi connectivity index (χ2n) is 6.70. The molecule has 23 heavy (non-hydrogen) atoms. The van der Waals surface area contributed by atoms with E-state index >= 15 is 0 Å². The summed E-state index contributed by atoms with van der Waals surface area (Å²) in [5, 5.41) is 3.62. The lowest BCUT2D eigenvalue weighted by molar-refractivity contribution is -0.132. The zero-order chi connectivity index (χ0) is 16.6. The van der Waals surface area contributed by atoms with Crippen molar-refractivity contribution in [3.63, 3.8) is 0 Å². The maximum atomic E-state index is 12.5. The summed E-state index contributed by atoms with van der Waals surface area (Å²) in [6.45, 7) is 4.45. The highest BCUT2D eigenvalue weighted by atomic mass is 35.5. The van der Waals surface area contributed by atoms with Gasteiger partial charge in [0.2, 0.25) is 0 Å². The van der Waals surface area contributed by atoms with E-state index in [0.29, 0.717) is 0 Å². The summed E-state index contributed by atoms with van der Waals surface area (Å²) < 4.78 is 0. The first-order valence-electron chi connectivity index (χ1n) is 7.97. The van der Waals surface area contributed by atoms with E-state index in [1.54, 1.807) is 0 Å². The Labute approximate surface area is 141 Å². The minimum absolute atomic E-state index is 0.122. The number of nitrogens with zero attached hydrogens (tertiary/aromatic N) is 2. The van der Waals surface area contributed by atoms with E-state index in [4.69, 9.17) is 11.6 Å². The smallest absolute Gasteiger partial charge is 0.323 e. The van der Waals surface area contributed by atoms with Crippen molar-refractivity contribution in [1.29, 1.82) is 0 Å². The van der Waals surface area contributed by atoms with Crippen LogP contribution in [0.1, 0.15) is 25.3 Å². The van der Waals surface area contributed by atoms with Crippen LogP contribution in [-0.2, 0) is 11.3 Å². The van der Waals surface area contributed by atoms with Crippen molar-refractivity contribution in [3.8, 4) is 0 Å². The fourth-order valence-electron chi connectivity index (χ4n) is 3.64. The van der Waals surface area contributed by atoms with Gasteiger partial charge in [-0.25, -0.2) is 4.79 Å². The number of likely N-dealkylation sites (tertiary alicyclic amines) is 1. The lowest BCUT2D eigenvalue weighted by Crippen LogP contribution is -2.55. The van der Waals surface area contributed by atoms with Crippen LogP contribution in [0.15, 0.2) is 24.3 Å². The predicted octanol–water partition coefficient (Wildman–Crippen LogP) is 2.49. The summed E-state index contributed by atoms with van der Waals surface area (Å²) in [6, 6.07) is 7.56. The Balaban J connectivity index is 1.71. The Kier molecular flexibility index (Phi) is 4.34. The van der Waals surface area contributed by atoms with Crippen molar-refractivity contribution >= 4 is 23.5 Å². The van der Waals surface area contributed by atoms with Crippen LogP contribution in [-0.4, -0.2) is 47.4 Å². The molecule has 0 saturated carbocycles. The predicted molar refractivity (Wildman–Crippen MR) is 89.2 cm³/mol. The molecular formula is C17H22ClN3O2. The summed E-state index contributed by atoms with van der Waals surface area (Å²) in [4.78, 5) is 27.8. The molecule has 6 heteroatoms. The number of carbonyl (C=O) groups excluding carboxylic acids is 2. The minimum Gasteiger partial charge on any atom is -0.323 e. The van der Waals surface area contributed by atoms with Gasteiger partial charge in [0, 0.05) is 31.1 Å². The molecule has 2 heterocycles. The zero-order valence-electron chi connectivity index (χ0n) is 13.5. The molecule has 2 fully saturated rings. The third kappa shape index (κ3) is 3.08. The monoisotopic (exact) mass is 335 g/mol. The molecule has 124 valence electrons. The topological polar surface area (TPSA) is 52.7 Å². The molecule has 2 atom stereocenters. The molecule has 3 rings (SSSR count). The molecule has 0 unspecified atom stereocenters. The summed E-state index contributed by atoms with van der Waals surface area (Å²) >= 11 is 6.05. The van der Waals surface area contributed by atoms with Crippen molar-refractivity contribution in [1.82, 2.24) is 15.1 Å². The van der Waals surface area contributed by atoms with E-state index in [-0.39, 0.29) is 17.9 Å². The number of nitrogens with one attached hydrogen (secondary N) is 1. The third-order valence-electron chi connectivity index (χ3n) is 5.04. The number of imide groups is 1. The van der Waals surface area contributed by atoms with Gasteiger partial charge in [-0.05, 0) is 44.0 Å². The summed E-state index contributed by atoms with van der Waals surface area (Å²) in [7, 11) is 1.54. The Hall–Kier alpha value is -1.59. The molecule has 0 bridgehead atoms. The summed E-state index contributed by atoms with van der Waals surface area (Å²) in [6.07, 6.45) is 1.97. The van der Waals surface area contributed by atoms with Crippen LogP contribution in [0.5, 0.6) is 0 Å². The number of piperidine rings is 1. The van der Waals surface area contributed by atoms with Crippen LogP contribution >= 0.6 is 11.6 Å². The fourth-order valence-corrected chi connectivity index (χ4v) is 3.85. The maximum absolute atomic E-state index is 12.5. The Bertz CT molecular complexity index is 636. The van der Waals surface area contributed by atoms with Gasteiger partial charge in [-0.1, -0.05) is 23.7 Å². The van der Waals surface area contributed by atoms with Gasteiger partial charge in [0.25, 0.3) is 5.91 Å². The standard InChI is InChI=1S/C17H22ClN3O2/c1-17(15(22)20(2)16(23)19-17)13-6-4-8-21(11-13)10-12-5-3-7-14(18)9-12/h3,5,7,9,13H,4,6,8,10-11H2,1-2H3,(H,19,23)/t13-,17+/m1/s1. The van der Waals surface area contributed by atoms with Gasteiger partial charge in [0.05, 0.1) is 0 Å². The number of hydrogen-bond acceptors (Lipinski definition) is 3. The van der Waals surface area contributed by atoms with Crippen molar-refractivity contribution in [3.05, 3.63) is 34.9 Å². The Morgan fingerprint density at radius 3 is 2.83 bits per heavy atom. The van der Waals surface area contributed by atoms with Gasteiger partial charge in [-0.3, -0.25) is 14.6 Å². The largest absolute Gasteiger partial charge is 0.324 e. The molecule has 3 amide bonds. The van der Waals surface area contributed by atoms with Crippen LogP contribution < -0.4 is 5.32 Å². The first-order valence-corrected chi connectivity index (χ1v) is 8.35. The van der Waals surface area contributed by atoms with E-state index in [1.807, 2.05) is 25.1 Å². The van der Waals surface area contributed by atoms with E-state index in [9.17, 15) is 9.59 Å². The number of likely N-dealkylation sites (N-methyl/N-ethyl adjacent to an activating group) is 1. The van der Waals surface area contributed by atoms with Gasteiger partial charge in [0.1, 0.15) is 5.54 Å². The zero-order valence-corrected chi connectivity index (χ0v) is 14.3. The molecule has 0 aromatic heterocycles. The van der Waals surface area contributed by atoms with E-state index in [1.165, 1.54) is 17.5 Å². The van der Waals surface area contributed by atoms with Crippen molar-refractivity contribution in [2.45, 2.75) is 31.8 Å². The van der Waals surface area contributed by atoms with Gasteiger partial charge < -0.3 is 5.32 Å². The molecule has 2 aliphatic heterocycles. The number of halogens is 1. The van der Waals surface area contributed by atoms with Crippen molar-refractivity contribution < 1.29 is 9.59 Å². The molecule has 0 spiro atoms. The number of rotatable bonds is 3. The first kappa shape index (κ1) is 16.3. The van der Waals surface area contributed by atoms with Crippen LogP contribution in [0.3, 0.4) is 0 Å². The molecule has 0 aliphatic carbocycles. The molecule has 1 N–H and O–H groups in total. The van der Waals surface area contributed by atoms with Crippen LogP contribution in [0, 0.1) is 5.92 Å². The summed E-state index contributed by atoms with van der Waals surface area (Å²) in [5.41, 5.74) is 0.376. The first-order chi connectivity index (χ1) is 10.9. The van der Waals surface area contributed by atoms with Crippen molar-refractivity contribution in [2.75, 3.05) is 20.1 Å². The highest BCUT2D eigenvalue weighted by Gasteiger charge is 2.51. The molecule has 1 aromatic rings. The number of amides is 3. The normalized spacial score (nSPS) is 29.0. The van der Waals surface area contributed by atoms with Gasteiger partial charge >= 0.3 is 6.03 Å². The molecular weight excluding hydrogens is 314 g/mol. The number of carbonyl (C=O) groups is 2. The second-order valence-corrected chi connectivity index (χ2v) is 7.14. The molecule has 1 aromatic carbocycles. The van der Waals surface area contributed by atoms with Crippen LogP contribution in [0.25, 0.3) is 0 Å². The lowest BCUT2D eigenvalue weighted by atomic mass is 9.80. The van der Waals surface area contributed by atoms with Gasteiger partial charge in [-0.15, -0.1) is 0 Å². The van der Waals surface area contributed by atoms with Crippen molar-refractivity contribution in [2.24, 2.45) is 5.92 Å². The Morgan fingerprint density at radius 2 is 2.17 bits per heavy atom. The molecule has 2 saturated heterocycles. The fraction of sp³-hybridized carbons (Fsp3) is 0.529. The average molecular weight is 336 g/mol.